The molecule has 0 amide bonds. The van der Waals surface area contributed by atoms with Gasteiger partial charge in [-0.05, 0) is 30.6 Å². The Labute approximate surface area is 107 Å². The van der Waals surface area contributed by atoms with Gasteiger partial charge in [-0.2, -0.15) is 0 Å². The standard InChI is InChI=1S/C15H30N2/c1-14(2,3)12-8-7-10-17(11-9-12)13(16)15(4,5)6/h12,16H,7-11H2,1-6H3. The molecule has 0 aromatic heterocycles. The maximum atomic E-state index is 8.28. The minimum Gasteiger partial charge on any atom is -0.360 e. The van der Waals surface area contributed by atoms with Gasteiger partial charge in [0.15, 0.2) is 0 Å². The summed E-state index contributed by atoms with van der Waals surface area (Å²) < 4.78 is 0. The molecule has 2 nitrogen and oxygen atoms in total. The van der Waals surface area contributed by atoms with Crippen LogP contribution >= 0.6 is 0 Å². The zero-order valence-electron chi connectivity index (χ0n) is 12.6. The normalized spacial score (nSPS) is 23.4. The van der Waals surface area contributed by atoms with E-state index in [4.69, 9.17) is 5.41 Å². The topological polar surface area (TPSA) is 27.1 Å². The molecule has 0 aromatic carbocycles. The lowest BCUT2D eigenvalue weighted by Crippen LogP contribution is -2.39. The molecule has 1 unspecified atom stereocenters. The number of likely N-dealkylation sites (tertiary alicyclic amines) is 1. The number of nitrogens with one attached hydrogen (secondary N) is 1. The van der Waals surface area contributed by atoms with E-state index in [1.807, 2.05) is 0 Å². The lowest BCUT2D eigenvalue weighted by molar-refractivity contribution is 0.215. The summed E-state index contributed by atoms with van der Waals surface area (Å²) in [6.45, 7) is 15.6. The van der Waals surface area contributed by atoms with Crippen LogP contribution in [0.4, 0.5) is 0 Å². The van der Waals surface area contributed by atoms with Gasteiger partial charge >= 0.3 is 0 Å². The van der Waals surface area contributed by atoms with Crippen molar-refractivity contribution in [3.8, 4) is 0 Å². The number of hydrogen-bond donors (Lipinski definition) is 1. The Morgan fingerprint density at radius 2 is 1.59 bits per heavy atom. The van der Waals surface area contributed by atoms with E-state index in [2.05, 4.69) is 46.4 Å². The molecule has 1 N–H and O–H groups in total. The van der Waals surface area contributed by atoms with E-state index in [-0.39, 0.29) is 5.41 Å². The second-order valence-electron chi connectivity index (χ2n) is 7.58. The summed E-state index contributed by atoms with van der Waals surface area (Å²) in [6, 6.07) is 0. The van der Waals surface area contributed by atoms with Crippen LogP contribution in [0.15, 0.2) is 0 Å². The fourth-order valence-electron chi connectivity index (χ4n) is 2.66. The van der Waals surface area contributed by atoms with Crippen molar-refractivity contribution in [1.29, 1.82) is 5.41 Å². The Morgan fingerprint density at radius 3 is 2.06 bits per heavy atom. The van der Waals surface area contributed by atoms with Crippen molar-refractivity contribution in [3.63, 3.8) is 0 Å². The van der Waals surface area contributed by atoms with Gasteiger partial charge in [-0.15, -0.1) is 0 Å². The summed E-state index contributed by atoms with van der Waals surface area (Å²) in [4.78, 5) is 2.30. The molecule has 1 atom stereocenters. The zero-order chi connectivity index (χ0) is 13.3. The smallest absolute Gasteiger partial charge is 0.101 e. The monoisotopic (exact) mass is 238 g/mol. The van der Waals surface area contributed by atoms with E-state index in [0.717, 1.165) is 24.8 Å². The Kier molecular flexibility index (Phi) is 4.27. The number of nitrogens with zero attached hydrogens (tertiary/aromatic N) is 1. The lowest BCUT2D eigenvalue weighted by atomic mass is 9.77. The van der Waals surface area contributed by atoms with Crippen molar-refractivity contribution < 1.29 is 0 Å². The molecular formula is C15H30N2. The van der Waals surface area contributed by atoms with Crippen molar-refractivity contribution in [2.75, 3.05) is 13.1 Å². The SMILES string of the molecule is CC(C)(C)C(=N)N1CCCC(C(C)(C)C)CC1. The lowest BCUT2D eigenvalue weighted by Gasteiger charge is -2.33. The van der Waals surface area contributed by atoms with Crippen LogP contribution in [0.1, 0.15) is 60.8 Å². The molecule has 100 valence electrons. The van der Waals surface area contributed by atoms with Crippen LogP contribution in [0.25, 0.3) is 0 Å². The first-order valence-corrected chi connectivity index (χ1v) is 6.96. The molecule has 1 aliphatic heterocycles. The molecule has 1 rings (SSSR count). The highest BCUT2D eigenvalue weighted by molar-refractivity contribution is 5.84. The first kappa shape index (κ1) is 14.5. The van der Waals surface area contributed by atoms with Crippen molar-refractivity contribution in [2.45, 2.75) is 60.8 Å². The van der Waals surface area contributed by atoms with Gasteiger partial charge in [0.1, 0.15) is 5.84 Å². The molecule has 1 aliphatic rings. The number of amidine groups is 1. The zero-order valence-corrected chi connectivity index (χ0v) is 12.6. The molecule has 1 heterocycles. The van der Waals surface area contributed by atoms with Crippen LogP contribution in [0.5, 0.6) is 0 Å². The maximum Gasteiger partial charge on any atom is 0.101 e. The van der Waals surface area contributed by atoms with Gasteiger partial charge in [0.25, 0.3) is 0 Å². The molecule has 0 spiro atoms. The van der Waals surface area contributed by atoms with E-state index in [0.29, 0.717) is 5.41 Å². The highest BCUT2D eigenvalue weighted by Crippen LogP contribution is 2.34. The Hall–Kier alpha value is -0.530. The summed E-state index contributed by atoms with van der Waals surface area (Å²) in [6.07, 6.45) is 3.79. The molecule has 0 aliphatic carbocycles. The molecule has 0 aromatic rings. The summed E-state index contributed by atoms with van der Waals surface area (Å²) in [7, 11) is 0. The summed E-state index contributed by atoms with van der Waals surface area (Å²) >= 11 is 0. The van der Waals surface area contributed by atoms with Gasteiger partial charge in [-0.1, -0.05) is 41.5 Å². The first-order chi connectivity index (χ1) is 7.62. The van der Waals surface area contributed by atoms with Crippen LogP contribution < -0.4 is 0 Å². The molecule has 0 saturated carbocycles. The van der Waals surface area contributed by atoms with Crippen molar-refractivity contribution in [3.05, 3.63) is 0 Å². The Balaban J connectivity index is 2.63. The Bertz CT molecular complexity index is 268. The highest BCUT2D eigenvalue weighted by atomic mass is 15.2. The predicted molar refractivity (Wildman–Crippen MR) is 75.6 cm³/mol. The molecule has 0 radical (unpaired) electrons. The van der Waals surface area contributed by atoms with E-state index in [9.17, 15) is 0 Å². The molecule has 0 bridgehead atoms. The fraction of sp³-hybridized carbons (Fsp3) is 0.933. The van der Waals surface area contributed by atoms with Crippen LogP contribution in [0.3, 0.4) is 0 Å². The number of hydrogen-bond acceptors (Lipinski definition) is 1. The highest BCUT2D eigenvalue weighted by Gasteiger charge is 2.30. The van der Waals surface area contributed by atoms with Gasteiger partial charge in [0.2, 0.25) is 0 Å². The molecule has 17 heavy (non-hydrogen) atoms. The molecule has 1 saturated heterocycles. The predicted octanol–water partition coefficient (Wildman–Crippen LogP) is 4.16. The van der Waals surface area contributed by atoms with Crippen molar-refractivity contribution >= 4 is 5.84 Å². The average molecular weight is 238 g/mol. The van der Waals surface area contributed by atoms with Crippen LogP contribution in [-0.2, 0) is 0 Å². The quantitative estimate of drug-likeness (QED) is 0.498. The maximum absolute atomic E-state index is 8.28. The van der Waals surface area contributed by atoms with Crippen molar-refractivity contribution in [2.24, 2.45) is 16.7 Å². The summed E-state index contributed by atoms with van der Waals surface area (Å²) in [5, 5.41) is 8.28. The first-order valence-electron chi connectivity index (χ1n) is 6.96. The third-order valence-electron chi connectivity index (χ3n) is 3.98. The largest absolute Gasteiger partial charge is 0.360 e. The van der Waals surface area contributed by atoms with E-state index < -0.39 is 0 Å². The fourth-order valence-corrected chi connectivity index (χ4v) is 2.66. The van der Waals surface area contributed by atoms with Gasteiger partial charge in [0, 0.05) is 18.5 Å². The molecular weight excluding hydrogens is 208 g/mol. The average Bonchev–Trinajstić information content (AvgIpc) is 2.38. The van der Waals surface area contributed by atoms with Gasteiger partial charge < -0.3 is 4.90 Å². The minimum atomic E-state index is -0.0123. The second-order valence-corrected chi connectivity index (χ2v) is 7.58. The van der Waals surface area contributed by atoms with Crippen LogP contribution in [0.2, 0.25) is 0 Å². The minimum absolute atomic E-state index is 0.0123. The van der Waals surface area contributed by atoms with Gasteiger partial charge in [-0.25, -0.2) is 0 Å². The molecule has 2 heteroatoms. The Morgan fingerprint density at radius 1 is 1.00 bits per heavy atom. The van der Waals surface area contributed by atoms with Crippen LogP contribution in [0, 0.1) is 22.2 Å². The van der Waals surface area contributed by atoms with Gasteiger partial charge in [-0.3, -0.25) is 5.41 Å². The van der Waals surface area contributed by atoms with Crippen LogP contribution in [-0.4, -0.2) is 23.8 Å². The number of rotatable bonds is 0. The summed E-state index contributed by atoms with van der Waals surface area (Å²) in [5.41, 5.74) is 0.404. The van der Waals surface area contributed by atoms with Crippen molar-refractivity contribution in [1.82, 2.24) is 4.90 Å². The van der Waals surface area contributed by atoms with E-state index in [1.165, 1.54) is 19.3 Å². The molecule has 1 fully saturated rings. The third kappa shape index (κ3) is 4.01. The summed E-state index contributed by atoms with van der Waals surface area (Å²) in [5.74, 6) is 1.62. The second kappa shape index (κ2) is 4.99. The van der Waals surface area contributed by atoms with E-state index in [1.54, 1.807) is 0 Å². The van der Waals surface area contributed by atoms with Gasteiger partial charge in [0.05, 0.1) is 0 Å². The third-order valence-corrected chi connectivity index (χ3v) is 3.98. The van der Waals surface area contributed by atoms with E-state index >= 15 is 0 Å².